The molecular formula is C25H19N3O3. The van der Waals surface area contributed by atoms with Gasteiger partial charge in [-0.25, -0.2) is 4.98 Å². The summed E-state index contributed by atoms with van der Waals surface area (Å²) in [5, 5.41) is 5.26. The smallest absolute Gasteiger partial charge is 0.277 e. The van der Waals surface area contributed by atoms with Gasteiger partial charge in [-0.1, -0.05) is 54.6 Å². The molecule has 6 heteroatoms. The fourth-order valence-corrected chi connectivity index (χ4v) is 3.76. The van der Waals surface area contributed by atoms with Crippen molar-refractivity contribution in [2.45, 2.75) is 13.1 Å². The van der Waals surface area contributed by atoms with Gasteiger partial charge in [-0.15, -0.1) is 0 Å². The maximum absolute atomic E-state index is 13.0. The van der Waals surface area contributed by atoms with Gasteiger partial charge in [-0.2, -0.15) is 0 Å². The van der Waals surface area contributed by atoms with Crippen LogP contribution in [-0.4, -0.2) is 15.8 Å². The Balaban J connectivity index is 1.46. The van der Waals surface area contributed by atoms with E-state index in [1.165, 1.54) is 10.8 Å². The van der Waals surface area contributed by atoms with Crippen molar-refractivity contribution in [2.75, 3.05) is 5.32 Å². The second-order valence-electron chi connectivity index (χ2n) is 7.23. The van der Waals surface area contributed by atoms with Gasteiger partial charge in [0.1, 0.15) is 29.0 Å². The second kappa shape index (κ2) is 7.91. The Labute approximate surface area is 177 Å². The zero-order chi connectivity index (χ0) is 21.2. The lowest BCUT2D eigenvalue weighted by Gasteiger charge is -2.13. The first-order valence-electron chi connectivity index (χ1n) is 9.97. The molecular weight excluding hydrogens is 390 g/mol. The van der Waals surface area contributed by atoms with Crippen LogP contribution in [0.4, 0.5) is 5.69 Å². The molecule has 0 aliphatic rings. The van der Waals surface area contributed by atoms with Gasteiger partial charge in [-0.05, 0) is 23.8 Å². The minimum absolute atomic E-state index is 0.0570. The highest BCUT2D eigenvalue weighted by atomic mass is 16.3. The summed E-state index contributed by atoms with van der Waals surface area (Å²) in [4.78, 5) is 28.6. The van der Waals surface area contributed by atoms with E-state index >= 15 is 0 Å². The molecule has 2 heterocycles. The number of furan rings is 1. The van der Waals surface area contributed by atoms with Crippen molar-refractivity contribution < 1.29 is 9.21 Å². The van der Waals surface area contributed by atoms with Gasteiger partial charge in [-0.3, -0.25) is 9.36 Å². The minimum atomic E-state index is -0.282. The monoisotopic (exact) mass is 409 g/mol. The predicted octanol–water partition coefficient (Wildman–Crippen LogP) is 4.62. The highest BCUT2D eigenvalue weighted by Gasteiger charge is 2.12. The molecule has 0 radical (unpaired) electrons. The number of hydrogen-bond donors (Lipinski definition) is 1. The van der Waals surface area contributed by atoms with Crippen molar-refractivity contribution in [2.24, 2.45) is 0 Å². The van der Waals surface area contributed by atoms with Crippen molar-refractivity contribution in [1.29, 1.82) is 0 Å². The van der Waals surface area contributed by atoms with Gasteiger partial charge in [0.15, 0.2) is 0 Å². The van der Waals surface area contributed by atoms with Gasteiger partial charge in [0.05, 0.1) is 12.7 Å². The predicted molar refractivity (Wildman–Crippen MR) is 121 cm³/mol. The molecule has 0 aliphatic carbocycles. The number of benzene rings is 3. The van der Waals surface area contributed by atoms with E-state index in [-0.39, 0.29) is 12.1 Å². The Kier molecular flexibility index (Phi) is 4.80. The van der Waals surface area contributed by atoms with E-state index in [1.807, 2.05) is 66.7 Å². The lowest BCUT2D eigenvalue weighted by molar-refractivity contribution is -0.108. The van der Waals surface area contributed by atoms with Crippen LogP contribution < -0.4 is 10.9 Å². The highest BCUT2D eigenvalue weighted by Crippen LogP contribution is 2.29. The largest absolute Gasteiger partial charge is 0.456 e. The Morgan fingerprint density at radius 1 is 0.935 bits per heavy atom. The lowest BCUT2D eigenvalue weighted by Crippen LogP contribution is -2.26. The van der Waals surface area contributed by atoms with E-state index < -0.39 is 0 Å². The number of rotatable bonds is 6. The third-order valence-corrected chi connectivity index (χ3v) is 5.26. The summed E-state index contributed by atoms with van der Waals surface area (Å²) in [6, 6.07) is 23.2. The molecule has 1 N–H and O–H groups in total. The molecule has 0 bridgehead atoms. The van der Waals surface area contributed by atoms with Crippen LogP contribution in [0.15, 0.2) is 88.2 Å². The van der Waals surface area contributed by atoms with Crippen molar-refractivity contribution in [3.05, 3.63) is 94.9 Å². The normalized spacial score (nSPS) is 11.1. The molecule has 0 atom stereocenters. The number of para-hydroxylation sites is 1. The molecule has 152 valence electrons. The Bertz CT molecular complexity index is 1450. The molecule has 0 saturated carbocycles. The van der Waals surface area contributed by atoms with Crippen molar-refractivity contribution >= 4 is 33.9 Å². The highest BCUT2D eigenvalue weighted by molar-refractivity contribution is 6.04. The minimum Gasteiger partial charge on any atom is -0.456 e. The van der Waals surface area contributed by atoms with Crippen LogP contribution in [0.3, 0.4) is 0 Å². The number of aldehydes is 1. The standard InChI is InChI=1S/C25H19N3O3/c29-13-12-28-24(18-6-2-1-3-7-18)27-16-21(25(28)30)26-15-17-10-11-23-20(14-17)19-8-4-5-9-22(19)31-23/h1-11,13-14,16,26H,12,15H2. The van der Waals surface area contributed by atoms with E-state index in [2.05, 4.69) is 16.4 Å². The maximum atomic E-state index is 13.0. The Morgan fingerprint density at radius 3 is 2.55 bits per heavy atom. The van der Waals surface area contributed by atoms with E-state index in [9.17, 15) is 9.59 Å². The van der Waals surface area contributed by atoms with E-state index in [0.717, 1.165) is 33.1 Å². The van der Waals surface area contributed by atoms with Crippen LogP contribution in [0.2, 0.25) is 0 Å². The van der Waals surface area contributed by atoms with Crippen LogP contribution >= 0.6 is 0 Å². The first-order valence-corrected chi connectivity index (χ1v) is 9.97. The van der Waals surface area contributed by atoms with Gasteiger partial charge in [0, 0.05) is 22.9 Å². The Morgan fingerprint density at radius 2 is 1.71 bits per heavy atom. The van der Waals surface area contributed by atoms with Crippen LogP contribution in [0, 0.1) is 0 Å². The molecule has 0 spiro atoms. The lowest BCUT2D eigenvalue weighted by atomic mass is 10.1. The summed E-state index contributed by atoms with van der Waals surface area (Å²) < 4.78 is 7.26. The van der Waals surface area contributed by atoms with Crippen LogP contribution in [0.1, 0.15) is 5.56 Å². The van der Waals surface area contributed by atoms with Gasteiger partial charge in [0.25, 0.3) is 5.56 Å². The van der Waals surface area contributed by atoms with Crippen molar-refractivity contribution in [3.63, 3.8) is 0 Å². The fraction of sp³-hybridized carbons (Fsp3) is 0.0800. The van der Waals surface area contributed by atoms with Crippen LogP contribution in [0.5, 0.6) is 0 Å². The molecule has 5 aromatic rings. The summed E-state index contributed by atoms with van der Waals surface area (Å²) in [6.45, 7) is 0.386. The molecule has 0 amide bonds. The number of anilines is 1. The fourth-order valence-electron chi connectivity index (χ4n) is 3.76. The molecule has 6 nitrogen and oxygen atoms in total. The third-order valence-electron chi connectivity index (χ3n) is 5.26. The molecule has 0 saturated heterocycles. The van der Waals surface area contributed by atoms with Crippen molar-refractivity contribution in [3.8, 4) is 11.4 Å². The summed E-state index contributed by atoms with van der Waals surface area (Å²) >= 11 is 0. The second-order valence-corrected chi connectivity index (χ2v) is 7.23. The number of carbonyl (C=O) groups excluding carboxylic acids is 1. The Hall–Kier alpha value is -4.19. The van der Waals surface area contributed by atoms with Crippen LogP contribution in [-0.2, 0) is 17.9 Å². The number of nitrogens with zero attached hydrogens (tertiary/aromatic N) is 2. The number of carbonyl (C=O) groups is 1. The molecule has 31 heavy (non-hydrogen) atoms. The van der Waals surface area contributed by atoms with Crippen LogP contribution in [0.25, 0.3) is 33.3 Å². The summed E-state index contributed by atoms with van der Waals surface area (Å²) in [5.74, 6) is 0.467. The topological polar surface area (TPSA) is 77.1 Å². The molecule has 0 fully saturated rings. The van der Waals surface area contributed by atoms with E-state index in [4.69, 9.17) is 4.42 Å². The SMILES string of the molecule is O=CCn1c(-c2ccccc2)ncc(NCc2ccc3oc4ccccc4c3c2)c1=O. The third kappa shape index (κ3) is 3.48. The summed E-state index contributed by atoms with van der Waals surface area (Å²) in [6.07, 6.45) is 2.23. The van der Waals surface area contributed by atoms with Gasteiger partial charge < -0.3 is 14.5 Å². The maximum Gasteiger partial charge on any atom is 0.277 e. The average Bonchev–Trinajstić information content (AvgIpc) is 3.18. The quantitative estimate of drug-likeness (QED) is 0.414. The number of hydrogen-bond acceptors (Lipinski definition) is 5. The summed E-state index contributed by atoms with van der Waals surface area (Å²) in [5.41, 5.74) is 3.53. The molecule has 0 unspecified atom stereocenters. The zero-order valence-electron chi connectivity index (χ0n) is 16.6. The van der Waals surface area contributed by atoms with Gasteiger partial charge >= 0.3 is 0 Å². The first-order chi connectivity index (χ1) is 15.2. The zero-order valence-corrected chi connectivity index (χ0v) is 16.6. The van der Waals surface area contributed by atoms with E-state index in [1.54, 1.807) is 0 Å². The molecule has 0 aliphatic heterocycles. The summed E-state index contributed by atoms with van der Waals surface area (Å²) in [7, 11) is 0. The van der Waals surface area contributed by atoms with Gasteiger partial charge in [0.2, 0.25) is 0 Å². The molecule has 2 aromatic heterocycles. The molecule has 5 rings (SSSR count). The van der Waals surface area contributed by atoms with Crippen molar-refractivity contribution in [1.82, 2.24) is 9.55 Å². The number of nitrogens with one attached hydrogen (secondary N) is 1. The van der Waals surface area contributed by atoms with E-state index in [0.29, 0.717) is 24.3 Å². The number of fused-ring (bicyclic) bond motifs is 3. The average molecular weight is 409 g/mol. The molecule has 3 aromatic carbocycles. The first kappa shape index (κ1) is 18.8. The number of aromatic nitrogens is 2.